The summed E-state index contributed by atoms with van der Waals surface area (Å²) >= 11 is 0. The molecule has 0 aliphatic rings. The van der Waals surface area contributed by atoms with Gasteiger partial charge in [-0.05, 0) is 19.1 Å². The standard InChI is InChI=1S/C6H9NO2.ClH/c1-5(7-8)6-3-2-4-9-6;/h2-5,7-8H,1H3;1H. The smallest absolute Gasteiger partial charge is 0.122 e. The van der Waals surface area contributed by atoms with Crippen LogP contribution < -0.4 is 5.48 Å². The summed E-state index contributed by atoms with van der Waals surface area (Å²) in [6.07, 6.45) is 1.57. The van der Waals surface area contributed by atoms with Crippen molar-refractivity contribution in [3.05, 3.63) is 24.2 Å². The van der Waals surface area contributed by atoms with Crippen molar-refractivity contribution in [3.63, 3.8) is 0 Å². The lowest BCUT2D eigenvalue weighted by Crippen LogP contribution is -2.11. The van der Waals surface area contributed by atoms with Crippen LogP contribution in [0.5, 0.6) is 0 Å². The molecule has 4 heteroatoms. The zero-order valence-electron chi connectivity index (χ0n) is 5.57. The fourth-order valence-corrected chi connectivity index (χ4v) is 0.601. The molecule has 0 spiro atoms. The summed E-state index contributed by atoms with van der Waals surface area (Å²) < 4.78 is 4.96. The second kappa shape index (κ2) is 4.33. The lowest BCUT2D eigenvalue weighted by atomic mass is 10.3. The molecule has 1 rings (SSSR count). The van der Waals surface area contributed by atoms with Gasteiger partial charge in [0.1, 0.15) is 5.76 Å². The van der Waals surface area contributed by atoms with E-state index in [2.05, 4.69) is 5.48 Å². The first kappa shape index (κ1) is 9.49. The van der Waals surface area contributed by atoms with E-state index in [9.17, 15) is 0 Å². The number of hydrogen-bond acceptors (Lipinski definition) is 3. The second-order valence-corrected chi connectivity index (χ2v) is 1.87. The Kier molecular flexibility index (Phi) is 4.11. The van der Waals surface area contributed by atoms with Crippen molar-refractivity contribution in [1.29, 1.82) is 0 Å². The lowest BCUT2D eigenvalue weighted by Gasteiger charge is -2.02. The van der Waals surface area contributed by atoms with Crippen molar-refractivity contribution >= 4 is 12.4 Å². The molecule has 0 amide bonds. The Labute approximate surface area is 65.4 Å². The van der Waals surface area contributed by atoms with E-state index in [0.29, 0.717) is 0 Å². The van der Waals surface area contributed by atoms with Crippen LogP contribution in [0.4, 0.5) is 0 Å². The SMILES string of the molecule is CC(NO)c1ccco1.Cl. The normalized spacial score (nSPS) is 12.2. The highest BCUT2D eigenvalue weighted by molar-refractivity contribution is 5.85. The van der Waals surface area contributed by atoms with Crippen molar-refractivity contribution in [3.8, 4) is 0 Å². The summed E-state index contributed by atoms with van der Waals surface area (Å²) in [7, 11) is 0. The molecule has 0 saturated carbocycles. The third kappa shape index (κ3) is 2.02. The summed E-state index contributed by atoms with van der Waals surface area (Å²) in [5.74, 6) is 0.734. The first-order valence-corrected chi connectivity index (χ1v) is 2.77. The van der Waals surface area contributed by atoms with Crippen LogP contribution in [0.25, 0.3) is 0 Å². The number of rotatable bonds is 2. The summed E-state index contributed by atoms with van der Waals surface area (Å²) in [6, 6.07) is 3.46. The molecule has 1 atom stereocenters. The van der Waals surface area contributed by atoms with E-state index < -0.39 is 0 Å². The maximum absolute atomic E-state index is 8.40. The molecule has 0 radical (unpaired) electrons. The van der Waals surface area contributed by atoms with Gasteiger partial charge in [0.25, 0.3) is 0 Å². The van der Waals surface area contributed by atoms with Crippen molar-refractivity contribution < 1.29 is 9.62 Å². The third-order valence-electron chi connectivity index (χ3n) is 1.16. The predicted molar refractivity (Wildman–Crippen MR) is 39.3 cm³/mol. The van der Waals surface area contributed by atoms with Gasteiger partial charge >= 0.3 is 0 Å². The van der Waals surface area contributed by atoms with Gasteiger partial charge in [-0.3, -0.25) is 0 Å². The van der Waals surface area contributed by atoms with Gasteiger partial charge in [-0.2, -0.15) is 5.48 Å². The fourth-order valence-electron chi connectivity index (χ4n) is 0.601. The van der Waals surface area contributed by atoms with E-state index in [0.717, 1.165) is 5.76 Å². The first-order chi connectivity index (χ1) is 4.34. The lowest BCUT2D eigenvalue weighted by molar-refractivity contribution is 0.123. The minimum absolute atomic E-state index is 0. The van der Waals surface area contributed by atoms with Gasteiger partial charge in [0.05, 0.1) is 12.3 Å². The molecule has 3 nitrogen and oxygen atoms in total. The molecular formula is C6H10ClNO2. The molecular weight excluding hydrogens is 154 g/mol. The van der Waals surface area contributed by atoms with E-state index in [1.54, 1.807) is 25.3 Å². The largest absolute Gasteiger partial charge is 0.468 e. The molecule has 0 aliphatic heterocycles. The van der Waals surface area contributed by atoms with Crippen molar-refractivity contribution in [2.75, 3.05) is 0 Å². The Balaban J connectivity index is 0.000000810. The van der Waals surface area contributed by atoms with E-state index in [4.69, 9.17) is 9.62 Å². The van der Waals surface area contributed by atoms with E-state index in [-0.39, 0.29) is 18.4 Å². The fraction of sp³-hybridized carbons (Fsp3) is 0.333. The van der Waals surface area contributed by atoms with Gasteiger partial charge in [0, 0.05) is 0 Å². The molecule has 10 heavy (non-hydrogen) atoms. The van der Waals surface area contributed by atoms with E-state index in [1.165, 1.54) is 0 Å². The quantitative estimate of drug-likeness (QED) is 0.653. The van der Waals surface area contributed by atoms with Crippen LogP contribution in [-0.2, 0) is 0 Å². The van der Waals surface area contributed by atoms with Crippen LogP contribution >= 0.6 is 12.4 Å². The molecule has 0 bridgehead atoms. The highest BCUT2D eigenvalue weighted by atomic mass is 35.5. The Bertz CT molecular complexity index is 164. The molecule has 1 aromatic rings. The highest BCUT2D eigenvalue weighted by Gasteiger charge is 2.03. The zero-order valence-corrected chi connectivity index (χ0v) is 6.39. The van der Waals surface area contributed by atoms with Crippen LogP contribution in [0.2, 0.25) is 0 Å². The average Bonchev–Trinajstić information content (AvgIpc) is 2.37. The zero-order chi connectivity index (χ0) is 6.69. The summed E-state index contributed by atoms with van der Waals surface area (Å²) in [5, 5.41) is 8.40. The second-order valence-electron chi connectivity index (χ2n) is 1.87. The van der Waals surface area contributed by atoms with Gasteiger partial charge in [-0.1, -0.05) is 0 Å². The molecule has 0 saturated heterocycles. The third-order valence-corrected chi connectivity index (χ3v) is 1.16. The van der Waals surface area contributed by atoms with E-state index >= 15 is 0 Å². The average molecular weight is 164 g/mol. The topological polar surface area (TPSA) is 45.4 Å². The number of halogens is 1. The number of furan rings is 1. The van der Waals surface area contributed by atoms with Crippen LogP contribution in [0.15, 0.2) is 22.8 Å². The number of hydroxylamine groups is 1. The van der Waals surface area contributed by atoms with Crippen molar-refractivity contribution in [2.45, 2.75) is 13.0 Å². The van der Waals surface area contributed by atoms with E-state index in [1.807, 2.05) is 0 Å². The van der Waals surface area contributed by atoms with Gasteiger partial charge in [0.2, 0.25) is 0 Å². The maximum atomic E-state index is 8.40. The van der Waals surface area contributed by atoms with Crippen LogP contribution in [-0.4, -0.2) is 5.21 Å². The van der Waals surface area contributed by atoms with Crippen molar-refractivity contribution in [1.82, 2.24) is 5.48 Å². The van der Waals surface area contributed by atoms with Crippen LogP contribution in [0.1, 0.15) is 18.7 Å². The van der Waals surface area contributed by atoms with Crippen LogP contribution in [0, 0.1) is 0 Å². The number of nitrogens with one attached hydrogen (secondary N) is 1. The van der Waals surface area contributed by atoms with Crippen molar-refractivity contribution in [2.24, 2.45) is 0 Å². The Morgan fingerprint density at radius 1 is 1.70 bits per heavy atom. The van der Waals surface area contributed by atoms with Gasteiger partial charge in [0.15, 0.2) is 0 Å². The molecule has 0 aliphatic carbocycles. The van der Waals surface area contributed by atoms with Gasteiger partial charge in [-0.15, -0.1) is 12.4 Å². The molecule has 1 heterocycles. The Hall–Kier alpha value is -0.510. The minimum atomic E-state index is -0.125. The van der Waals surface area contributed by atoms with Crippen LogP contribution in [0.3, 0.4) is 0 Å². The summed E-state index contributed by atoms with van der Waals surface area (Å²) in [4.78, 5) is 0. The predicted octanol–water partition coefficient (Wildman–Crippen LogP) is 1.74. The molecule has 2 N–H and O–H groups in total. The Morgan fingerprint density at radius 2 is 2.40 bits per heavy atom. The van der Waals surface area contributed by atoms with Gasteiger partial charge in [-0.25, -0.2) is 0 Å². The summed E-state index contributed by atoms with van der Waals surface area (Å²) in [5.41, 5.74) is 2.07. The minimum Gasteiger partial charge on any atom is -0.468 e. The number of hydrogen-bond donors (Lipinski definition) is 2. The molecule has 58 valence electrons. The Morgan fingerprint density at radius 3 is 2.80 bits per heavy atom. The molecule has 1 unspecified atom stereocenters. The molecule has 0 aromatic carbocycles. The maximum Gasteiger partial charge on any atom is 0.122 e. The molecule has 1 aromatic heterocycles. The first-order valence-electron chi connectivity index (χ1n) is 2.77. The molecule has 0 fully saturated rings. The highest BCUT2D eigenvalue weighted by Crippen LogP contribution is 2.10. The van der Waals surface area contributed by atoms with Gasteiger partial charge < -0.3 is 9.62 Å². The monoisotopic (exact) mass is 163 g/mol. The summed E-state index contributed by atoms with van der Waals surface area (Å²) in [6.45, 7) is 1.80.